The van der Waals surface area contributed by atoms with Gasteiger partial charge in [0.15, 0.2) is 0 Å². The summed E-state index contributed by atoms with van der Waals surface area (Å²) in [6, 6.07) is 5.13. The highest BCUT2D eigenvalue weighted by molar-refractivity contribution is 6.06. The lowest BCUT2D eigenvalue weighted by Gasteiger charge is -2.31. The Morgan fingerprint density at radius 3 is 2.10 bits per heavy atom. The number of non-ortho nitro benzene ring substituents is 2. The molecule has 1 aliphatic rings. The highest BCUT2D eigenvalue weighted by Crippen LogP contribution is 2.36. The number of alkyl halides is 3. The number of carbonyl (C=O) groups is 1. The van der Waals surface area contributed by atoms with Crippen molar-refractivity contribution in [3.8, 4) is 0 Å². The molecule has 1 aliphatic heterocycles. The summed E-state index contributed by atoms with van der Waals surface area (Å²) in [6.07, 6.45) is -4.67. The maximum absolute atomic E-state index is 13.2. The Bertz CT molecular complexity index is 1010. The van der Waals surface area contributed by atoms with E-state index in [2.05, 4.69) is 5.32 Å². The average Bonchev–Trinajstić information content (AvgIpc) is 2.73. The maximum Gasteiger partial charge on any atom is 0.416 e. The first kappa shape index (κ1) is 22.0. The Kier molecular flexibility index (Phi) is 6.06. The van der Waals surface area contributed by atoms with E-state index < -0.39 is 44.4 Å². The molecule has 2 aromatic carbocycles. The molecule has 0 unspecified atom stereocenters. The predicted molar refractivity (Wildman–Crippen MR) is 102 cm³/mol. The Morgan fingerprint density at radius 2 is 1.58 bits per heavy atom. The lowest BCUT2D eigenvalue weighted by molar-refractivity contribution is -0.394. The Labute approximate surface area is 172 Å². The van der Waals surface area contributed by atoms with E-state index in [-0.39, 0.29) is 5.69 Å². The average molecular weight is 440 g/mol. The van der Waals surface area contributed by atoms with Gasteiger partial charge >= 0.3 is 6.18 Å². The normalized spacial score (nSPS) is 14.2. The van der Waals surface area contributed by atoms with Gasteiger partial charge < -0.3 is 15.0 Å². The topological polar surface area (TPSA) is 128 Å². The van der Waals surface area contributed by atoms with Crippen LogP contribution >= 0.6 is 0 Å². The summed E-state index contributed by atoms with van der Waals surface area (Å²) in [6.45, 7) is 1.42. The van der Waals surface area contributed by atoms with Crippen molar-refractivity contribution in [2.75, 3.05) is 36.5 Å². The van der Waals surface area contributed by atoms with Crippen molar-refractivity contribution in [3.05, 3.63) is 67.8 Å². The minimum atomic E-state index is -4.67. The Balaban J connectivity index is 2.01. The second-order valence-corrected chi connectivity index (χ2v) is 6.54. The molecule has 3 rings (SSSR count). The van der Waals surface area contributed by atoms with Crippen molar-refractivity contribution >= 4 is 28.7 Å². The Morgan fingerprint density at radius 1 is 1.00 bits per heavy atom. The first-order valence-corrected chi connectivity index (χ1v) is 8.85. The van der Waals surface area contributed by atoms with Gasteiger partial charge in [-0.3, -0.25) is 25.0 Å². The van der Waals surface area contributed by atoms with Gasteiger partial charge in [0.2, 0.25) is 0 Å². The van der Waals surface area contributed by atoms with Crippen LogP contribution in [0.25, 0.3) is 0 Å². The van der Waals surface area contributed by atoms with Crippen LogP contribution in [-0.4, -0.2) is 42.1 Å². The molecule has 0 aliphatic carbocycles. The number of ether oxygens (including phenoxy) is 1. The van der Waals surface area contributed by atoms with E-state index in [0.717, 1.165) is 24.3 Å². The molecule has 1 amide bonds. The molecular formula is C18H15F3N4O6. The second kappa shape index (κ2) is 8.55. The molecule has 0 saturated carbocycles. The van der Waals surface area contributed by atoms with Crippen LogP contribution in [0.3, 0.4) is 0 Å². The Hall–Kier alpha value is -3.74. The first-order chi connectivity index (χ1) is 14.6. The minimum Gasteiger partial charge on any atom is -0.378 e. The number of anilines is 2. The predicted octanol–water partition coefficient (Wildman–Crippen LogP) is 3.61. The number of nitrogens with zero attached hydrogens (tertiary/aromatic N) is 3. The van der Waals surface area contributed by atoms with Gasteiger partial charge in [-0.1, -0.05) is 0 Å². The molecule has 1 saturated heterocycles. The van der Waals surface area contributed by atoms with Crippen LogP contribution in [0, 0.1) is 20.2 Å². The summed E-state index contributed by atoms with van der Waals surface area (Å²) >= 11 is 0. The number of hydrogen-bond donors (Lipinski definition) is 1. The fourth-order valence-electron chi connectivity index (χ4n) is 3.02. The van der Waals surface area contributed by atoms with E-state index in [9.17, 15) is 38.2 Å². The fourth-order valence-corrected chi connectivity index (χ4v) is 3.02. The van der Waals surface area contributed by atoms with Crippen LogP contribution in [-0.2, 0) is 10.9 Å². The molecule has 1 heterocycles. The van der Waals surface area contributed by atoms with Gasteiger partial charge in [-0.15, -0.1) is 0 Å². The highest BCUT2D eigenvalue weighted by Gasteiger charge is 2.32. The van der Waals surface area contributed by atoms with Crippen LogP contribution in [0.1, 0.15) is 15.9 Å². The number of rotatable bonds is 5. The standard InChI is InChI=1S/C18H15F3N4O6/c19-18(20,21)12-1-2-16(23-3-5-31-6-4-23)15(9-12)22-17(26)11-7-13(24(27)28)10-14(8-11)25(29)30/h1-2,7-10H,3-6H2,(H,22,26). The number of nitrogens with one attached hydrogen (secondary N) is 1. The molecule has 10 nitrogen and oxygen atoms in total. The molecule has 0 aromatic heterocycles. The number of hydrogen-bond acceptors (Lipinski definition) is 7. The van der Waals surface area contributed by atoms with Crippen molar-refractivity contribution in [2.24, 2.45) is 0 Å². The van der Waals surface area contributed by atoms with Crippen molar-refractivity contribution in [3.63, 3.8) is 0 Å². The highest BCUT2D eigenvalue weighted by atomic mass is 19.4. The van der Waals surface area contributed by atoms with E-state index in [4.69, 9.17) is 4.74 Å². The molecule has 13 heteroatoms. The zero-order valence-electron chi connectivity index (χ0n) is 15.7. The molecule has 1 fully saturated rings. The van der Waals surface area contributed by atoms with Gasteiger partial charge in [0.25, 0.3) is 17.3 Å². The van der Waals surface area contributed by atoms with Crippen LogP contribution in [0.2, 0.25) is 0 Å². The summed E-state index contributed by atoms with van der Waals surface area (Å²) in [5.41, 5.74) is -2.73. The molecule has 1 N–H and O–H groups in total. The number of nitro benzene ring substituents is 2. The van der Waals surface area contributed by atoms with E-state index in [0.29, 0.717) is 38.1 Å². The third kappa shape index (κ3) is 5.06. The number of amides is 1. The fraction of sp³-hybridized carbons (Fsp3) is 0.278. The number of halogens is 3. The summed E-state index contributed by atoms with van der Waals surface area (Å²) in [5, 5.41) is 24.4. The smallest absolute Gasteiger partial charge is 0.378 e. The molecule has 2 aromatic rings. The second-order valence-electron chi connectivity index (χ2n) is 6.54. The number of morpholine rings is 1. The van der Waals surface area contributed by atoms with Gasteiger partial charge in [0.1, 0.15) is 0 Å². The van der Waals surface area contributed by atoms with E-state index >= 15 is 0 Å². The van der Waals surface area contributed by atoms with E-state index in [1.54, 1.807) is 4.90 Å². The summed E-state index contributed by atoms with van der Waals surface area (Å²) in [7, 11) is 0. The van der Waals surface area contributed by atoms with Crippen molar-refractivity contribution in [2.45, 2.75) is 6.18 Å². The molecule has 0 atom stereocenters. The summed E-state index contributed by atoms with van der Waals surface area (Å²) in [5.74, 6) is -1.03. The van der Waals surface area contributed by atoms with Crippen molar-refractivity contribution < 1.29 is 32.5 Å². The lowest BCUT2D eigenvalue weighted by Crippen LogP contribution is -2.36. The van der Waals surface area contributed by atoms with Crippen molar-refractivity contribution in [1.82, 2.24) is 0 Å². The van der Waals surface area contributed by atoms with Crippen LogP contribution in [0.5, 0.6) is 0 Å². The third-order valence-electron chi connectivity index (χ3n) is 4.51. The lowest BCUT2D eigenvalue weighted by atomic mass is 10.1. The zero-order valence-corrected chi connectivity index (χ0v) is 15.7. The largest absolute Gasteiger partial charge is 0.416 e. The number of nitro groups is 2. The van der Waals surface area contributed by atoms with Gasteiger partial charge in [-0.05, 0) is 18.2 Å². The third-order valence-corrected chi connectivity index (χ3v) is 4.51. The molecule has 0 radical (unpaired) electrons. The first-order valence-electron chi connectivity index (χ1n) is 8.85. The van der Waals surface area contributed by atoms with Crippen LogP contribution in [0.15, 0.2) is 36.4 Å². The molecule has 0 spiro atoms. The van der Waals surface area contributed by atoms with Gasteiger partial charge in [-0.2, -0.15) is 13.2 Å². The monoisotopic (exact) mass is 440 g/mol. The van der Waals surface area contributed by atoms with Crippen LogP contribution < -0.4 is 10.2 Å². The van der Waals surface area contributed by atoms with Crippen molar-refractivity contribution in [1.29, 1.82) is 0 Å². The van der Waals surface area contributed by atoms with E-state index in [1.165, 1.54) is 6.07 Å². The zero-order chi connectivity index (χ0) is 22.8. The number of carbonyl (C=O) groups excluding carboxylic acids is 1. The van der Waals surface area contributed by atoms with E-state index in [1.807, 2.05) is 0 Å². The molecular weight excluding hydrogens is 425 g/mol. The van der Waals surface area contributed by atoms with Crippen LogP contribution in [0.4, 0.5) is 35.9 Å². The molecule has 164 valence electrons. The molecule has 31 heavy (non-hydrogen) atoms. The quantitative estimate of drug-likeness (QED) is 0.556. The van der Waals surface area contributed by atoms with Gasteiger partial charge in [0.05, 0.1) is 51.6 Å². The minimum absolute atomic E-state index is 0.184. The molecule has 0 bridgehead atoms. The SMILES string of the molecule is O=C(Nc1cc(C(F)(F)F)ccc1N1CCOCC1)c1cc([N+](=O)[O-])cc([N+](=O)[O-])c1. The summed E-state index contributed by atoms with van der Waals surface area (Å²) < 4.78 is 44.8. The van der Waals surface area contributed by atoms with Gasteiger partial charge in [0, 0.05) is 25.2 Å². The summed E-state index contributed by atoms with van der Waals surface area (Å²) in [4.78, 5) is 34.6. The number of benzene rings is 2. The van der Waals surface area contributed by atoms with Gasteiger partial charge in [-0.25, -0.2) is 0 Å². The maximum atomic E-state index is 13.2.